The van der Waals surface area contributed by atoms with Crippen molar-refractivity contribution in [3.63, 3.8) is 0 Å². The summed E-state index contributed by atoms with van der Waals surface area (Å²) in [6.45, 7) is 0.541. The van der Waals surface area contributed by atoms with Crippen molar-refractivity contribution < 1.29 is 5.11 Å². The third kappa shape index (κ3) is 2.07. The van der Waals surface area contributed by atoms with E-state index >= 15 is 0 Å². The molecule has 0 aliphatic carbocycles. The number of halogens is 2. The van der Waals surface area contributed by atoms with Crippen LogP contribution in [0.15, 0.2) is 30.6 Å². The number of hydrogen-bond acceptors (Lipinski definition) is 2. The predicted octanol–water partition coefficient (Wildman–Crippen LogP) is 2.85. The Hall–Kier alpha value is -1.03. The van der Waals surface area contributed by atoms with E-state index in [-0.39, 0.29) is 6.61 Å². The number of nitrogens with zero attached hydrogens (tertiary/aromatic N) is 2. The first-order valence-electron chi connectivity index (χ1n) is 4.80. The maximum atomic E-state index is 8.93. The van der Waals surface area contributed by atoms with E-state index < -0.39 is 0 Å². The molecule has 0 radical (unpaired) electrons. The number of benzene rings is 1. The largest absolute Gasteiger partial charge is 0.395 e. The Morgan fingerprint density at radius 1 is 1.31 bits per heavy atom. The fourth-order valence-electron chi connectivity index (χ4n) is 1.52. The van der Waals surface area contributed by atoms with E-state index in [0.29, 0.717) is 22.4 Å². The summed E-state index contributed by atoms with van der Waals surface area (Å²) in [5, 5.41) is 9.90. The van der Waals surface area contributed by atoms with Crippen molar-refractivity contribution in [3.05, 3.63) is 40.6 Å². The lowest BCUT2D eigenvalue weighted by Crippen LogP contribution is -2.03. The first kappa shape index (κ1) is 11.5. The number of aliphatic hydroxyl groups excluding tert-OH is 1. The van der Waals surface area contributed by atoms with Crippen LogP contribution < -0.4 is 0 Å². The van der Waals surface area contributed by atoms with Gasteiger partial charge in [-0.2, -0.15) is 0 Å². The van der Waals surface area contributed by atoms with Crippen molar-refractivity contribution in [1.82, 2.24) is 9.55 Å². The Morgan fingerprint density at radius 2 is 2.12 bits per heavy atom. The maximum Gasteiger partial charge on any atom is 0.141 e. The number of aromatic nitrogens is 2. The zero-order chi connectivity index (χ0) is 11.5. The Bertz CT molecular complexity index is 496. The summed E-state index contributed by atoms with van der Waals surface area (Å²) in [5.41, 5.74) is 0.771. The van der Waals surface area contributed by atoms with E-state index in [4.69, 9.17) is 28.3 Å². The molecule has 0 atom stereocenters. The molecule has 0 saturated heterocycles. The van der Waals surface area contributed by atoms with Crippen LogP contribution >= 0.6 is 23.2 Å². The van der Waals surface area contributed by atoms with E-state index in [1.54, 1.807) is 18.5 Å². The Morgan fingerprint density at radius 3 is 2.88 bits per heavy atom. The quantitative estimate of drug-likeness (QED) is 0.918. The SMILES string of the molecule is OCCn1ccnc1-c1cccc(Cl)c1Cl. The molecule has 0 unspecified atom stereocenters. The molecule has 0 bridgehead atoms. The molecular weight excluding hydrogens is 247 g/mol. The smallest absolute Gasteiger partial charge is 0.141 e. The fraction of sp³-hybridized carbons (Fsp3) is 0.182. The van der Waals surface area contributed by atoms with Gasteiger partial charge in [-0.3, -0.25) is 0 Å². The van der Waals surface area contributed by atoms with Gasteiger partial charge in [0.05, 0.1) is 16.7 Å². The van der Waals surface area contributed by atoms with Gasteiger partial charge in [0.2, 0.25) is 0 Å². The summed E-state index contributed by atoms with van der Waals surface area (Å²) in [6.07, 6.45) is 3.46. The molecule has 0 amide bonds. The van der Waals surface area contributed by atoms with E-state index in [1.807, 2.05) is 16.7 Å². The standard InChI is InChI=1S/C11H10Cl2N2O/c12-9-3-1-2-8(10(9)13)11-14-4-5-15(11)6-7-16/h1-5,16H,6-7H2. The van der Waals surface area contributed by atoms with Crippen LogP contribution in [0, 0.1) is 0 Å². The maximum absolute atomic E-state index is 8.93. The highest BCUT2D eigenvalue weighted by atomic mass is 35.5. The Balaban J connectivity index is 2.50. The number of rotatable bonds is 3. The summed E-state index contributed by atoms with van der Waals surface area (Å²) < 4.78 is 1.83. The number of aliphatic hydroxyl groups is 1. The Kier molecular flexibility index (Phi) is 3.49. The van der Waals surface area contributed by atoms with Crippen LogP contribution in [-0.4, -0.2) is 21.3 Å². The molecule has 16 heavy (non-hydrogen) atoms. The molecule has 0 spiro atoms. The van der Waals surface area contributed by atoms with Crippen LogP contribution in [0.4, 0.5) is 0 Å². The van der Waals surface area contributed by atoms with Crippen LogP contribution in [-0.2, 0) is 6.54 Å². The third-order valence-electron chi connectivity index (χ3n) is 2.25. The van der Waals surface area contributed by atoms with Crippen molar-refractivity contribution in [2.75, 3.05) is 6.61 Å². The fourth-order valence-corrected chi connectivity index (χ4v) is 1.90. The van der Waals surface area contributed by atoms with Gasteiger partial charge in [-0.25, -0.2) is 4.98 Å². The molecule has 0 aliphatic heterocycles. The average molecular weight is 257 g/mol. The summed E-state index contributed by atoms with van der Waals surface area (Å²) in [6, 6.07) is 5.40. The van der Waals surface area contributed by atoms with Crippen molar-refractivity contribution in [3.8, 4) is 11.4 Å². The van der Waals surface area contributed by atoms with Gasteiger partial charge in [-0.05, 0) is 12.1 Å². The van der Waals surface area contributed by atoms with Crippen LogP contribution in [0.25, 0.3) is 11.4 Å². The molecule has 0 aliphatic rings. The molecule has 1 aromatic carbocycles. The zero-order valence-corrected chi connectivity index (χ0v) is 9.91. The van der Waals surface area contributed by atoms with Crippen molar-refractivity contribution >= 4 is 23.2 Å². The molecule has 5 heteroatoms. The van der Waals surface area contributed by atoms with Gasteiger partial charge in [0, 0.05) is 24.5 Å². The minimum absolute atomic E-state index is 0.0571. The van der Waals surface area contributed by atoms with Crippen molar-refractivity contribution in [1.29, 1.82) is 0 Å². The molecule has 2 rings (SSSR count). The number of hydrogen-bond donors (Lipinski definition) is 1. The zero-order valence-electron chi connectivity index (χ0n) is 8.40. The van der Waals surface area contributed by atoms with Crippen LogP contribution in [0.5, 0.6) is 0 Å². The highest BCUT2D eigenvalue weighted by molar-refractivity contribution is 6.43. The normalized spacial score (nSPS) is 10.7. The molecule has 3 nitrogen and oxygen atoms in total. The lowest BCUT2D eigenvalue weighted by molar-refractivity contribution is 0.276. The van der Waals surface area contributed by atoms with Gasteiger partial charge < -0.3 is 9.67 Å². The predicted molar refractivity (Wildman–Crippen MR) is 64.8 cm³/mol. The molecule has 0 saturated carbocycles. The van der Waals surface area contributed by atoms with Gasteiger partial charge in [-0.1, -0.05) is 29.3 Å². The van der Waals surface area contributed by atoms with Crippen LogP contribution in [0.3, 0.4) is 0 Å². The van der Waals surface area contributed by atoms with E-state index in [1.165, 1.54) is 0 Å². The molecule has 1 heterocycles. The molecule has 84 valence electrons. The monoisotopic (exact) mass is 256 g/mol. The molecule has 1 aromatic heterocycles. The summed E-state index contributed by atoms with van der Waals surface area (Å²) in [4.78, 5) is 4.22. The first-order chi connectivity index (χ1) is 7.74. The highest BCUT2D eigenvalue weighted by Gasteiger charge is 2.11. The van der Waals surface area contributed by atoms with Crippen LogP contribution in [0.1, 0.15) is 0 Å². The van der Waals surface area contributed by atoms with Gasteiger partial charge in [-0.15, -0.1) is 0 Å². The summed E-state index contributed by atoms with van der Waals surface area (Å²) in [5.74, 6) is 0.710. The first-order valence-corrected chi connectivity index (χ1v) is 5.56. The van der Waals surface area contributed by atoms with Crippen molar-refractivity contribution in [2.45, 2.75) is 6.54 Å². The lowest BCUT2D eigenvalue weighted by atomic mass is 10.2. The van der Waals surface area contributed by atoms with Crippen LogP contribution in [0.2, 0.25) is 10.0 Å². The van der Waals surface area contributed by atoms with Crippen molar-refractivity contribution in [2.24, 2.45) is 0 Å². The topological polar surface area (TPSA) is 38.0 Å². The van der Waals surface area contributed by atoms with Gasteiger partial charge in [0.25, 0.3) is 0 Å². The second-order valence-electron chi connectivity index (χ2n) is 3.27. The summed E-state index contributed by atoms with van der Waals surface area (Å²) in [7, 11) is 0. The molecule has 0 fully saturated rings. The second kappa shape index (κ2) is 4.87. The minimum Gasteiger partial charge on any atom is -0.395 e. The molecule has 1 N–H and O–H groups in total. The summed E-state index contributed by atoms with van der Waals surface area (Å²) >= 11 is 12.1. The van der Waals surface area contributed by atoms with E-state index in [9.17, 15) is 0 Å². The Labute approximate surface area is 103 Å². The highest BCUT2D eigenvalue weighted by Crippen LogP contribution is 2.32. The number of imidazole rings is 1. The van der Waals surface area contributed by atoms with Gasteiger partial charge >= 0.3 is 0 Å². The third-order valence-corrected chi connectivity index (χ3v) is 3.07. The van der Waals surface area contributed by atoms with Gasteiger partial charge in [0.1, 0.15) is 5.82 Å². The van der Waals surface area contributed by atoms with E-state index in [2.05, 4.69) is 4.98 Å². The van der Waals surface area contributed by atoms with E-state index in [0.717, 1.165) is 5.56 Å². The molecular formula is C11H10Cl2N2O. The second-order valence-corrected chi connectivity index (χ2v) is 4.05. The molecule has 2 aromatic rings. The lowest BCUT2D eigenvalue weighted by Gasteiger charge is -2.08. The van der Waals surface area contributed by atoms with Gasteiger partial charge in [0.15, 0.2) is 0 Å². The average Bonchev–Trinajstić information content (AvgIpc) is 2.71. The minimum atomic E-state index is 0.0571.